The zero-order valence-corrected chi connectivity index (χ0v) is 7.51. The second kappa shape index (κ2) is 9.50. The van der Waals surface area contributed by atoms with Crippen LogP contribution in [0, 0.1) is 0 Å². The maximum atomic E-state index is 5.44. The van der Waals surface area contributed by atoms with Crippen molar-refractivity contribution in [3.8, 4) is 0 Å². The zero-order chi connectivity index (χ0) is 7.66. The van der Waals surface area contributed by atoms with E-state index in [9.17, 15) is 0 Å². The van der Waals surface area contributed by atoms with Gasteiger partial charge in [0.1, 0.15) is 0 Å². The Morgan fingerprint density at radius 2 is 1.10 bits per heavy atom. The van der Waals surface area contributed by atoms with Crippen LogP contribution in [0.5, 0.6) is 0 Å². The Hall–Kier alpha value is 0.500. The SMILES string of the molecule is ClCCNCCNCCCl. The summed E-state index contributed by atoms with van der Waals surface area (Å²) in [7, 11) is 0. The predicted octanol–water partition coefficient (Wildman–Crippen LogP) is 0.643. The molecule has 0 spiro atoms. The van der Waals surface area contributed by atoms with E-state index in [0.717, 1.165) is 26.2 Å². The highest BCUT2D eigenvalue weighted by molar-refractivity contribution is 6.18. The van der Waals surface area contributed by atoms with Gasteiger partial charge in [-0.3, -0.25) is 0 Å². The topological polar surface area (TPSA) is 24.1 Å². The standard InChI is InChI=1S/C6H14Cl2N2/c7-1-3-9-5-6-10-4-2-8/h9-10H,1-6H2. The van der Waals surface area contributed by atoms with Crippen molar-refractivity contribution in [2.75, 3.05) is 37.9 Å². The third-order valence-electron chi connectivity index (χ3n) is 1.02. The number of halogens is 2. The molecule has 0 aromatic carbocycles. The molecule has 0 aliphatic heterocycles. The maximum absolute atomic E-state index is 5.44. The summed E-state index contributed by atoms with van der Waals surface area (Å²) in [6.07, 6.45) is 0. The minimum atomic E-state index is 0.676. The van der Waals surface area contributed by atoms with Crippen molar-refractivity contribution in [1.82, 2.24) is 10.6 Å². The molecule has 0 amide bonds. The normalized spacial score (nSPS) is 10.2. The van der Waals surface area contributed by atoms with Crippen LogP contribution in [0.2, 0.25) is 0 Å². The lowest BCUT2D eigenvalue weighted by Crippen LogP contribution is -2.29. The second-order valence-corrected chi connectivity index (χ2v) is 2.63. The molecular formula is C6H14Cl2N2. The van der Waals surface area contributed by atoms with Crippen molar-refractivity contribution in [1.29, 1.82) is 0 Å². The lowest BCUT2D eigenvalue weighted by atomic mass is 10.5. The Balaban J connectivity index is 2.65. The van der Waals surface area contributed by atoms with Gasteiger partial charge in [-0.15, -0.1) is 23.2 Å². The molecule has 0 fully saturated rings. The molecule has 0 heterocycles. The molecular weight excluding hydrogens is 171 g/mol. The molecule has 4 heteroatoms. The Morgan fingerprint density at radius 1 is 0.700 bits per heavy atom. The van der Waals surface area contributed by atoms with Gasteiger partial charge in [-0.25, -0.2) is 0 Å². The molecule has 0 radical (unpaired) electrons. The van der Waals surface area contributed by atoms with E-state index in [2.05, 4.69) is 10.6 Å². The van der Waals surface area contributed by atoms with Crippen LogP contribution in [0.25, 0.3) is 0 Å². The number of hydrogen-bond acceptors (Lipinski definition) is 2. The molecule has 0 bridgehead atoms. The summed E-state index contributed by atoms with van der Waals surface area (Å²) in [4.78, 5) is 0. The van der Waals surface area contributed by atoms with Crippen molar-refractivity contribution in [3.63, 3.8) is 0 Å². The maximum Gasteiger partial charge on any atom is 0.0348 e. The fourth-order valence-electron chi connectivity index (χ4n) is 0.560. The minimum absolute atomic E-state index is 0.676. The highest BCUT2D eigenvalue weighted by atomic mass is 35.5. The van der Waals surface area contributed by atoms with Gasteiger partial charge in [0.2, 0.25) is 0 Å². The molecule has 10 heavy (non-hydrogen) atoms. The summed E-state index contributed by atoms with van der Waals surface area (Å²) in [5.74, 6) is 1.35. The van der Waals surface area contributed by atoms with Crippen LogP contribution in [0.3, 0.4) is 0 Å². The first kappa shape index (κ1) is 10.5. The van der Waals surface area contributed by atoms with Gasteiger partial charge in [-0.1, -0.05) is 0 Å². The van der Waals surface area contributed by atoms with Crippen molar-refractivity contribution < 1.29 is 0 Å². The van der Waals surface area contributed by atoms with Gasteiger partial charge in [0.15, 0.2) is 0 Å². The van der Waals surface area contributed by atoms with Crippen LogP contribution in [0.15, 0.2) is 0 Å². The van der Waals surface area contributed by atoms with Gasteiger partial charge >= 0.3 is 0 Å². The number of alkyl halides is 2. The van der Waals surface area contributed by atoms with Crippen LogP contribution in [-0.2, 0) is 0 Å². The molecule has 0 aliphatic rings. The fraction of sp³-hybridized carbons (Fsp3) is 1.00. The monoisotopic (exact) mass is 184 g/mol. The summed E-state index contributed by atoms with van der Waals surface area (Å²) in [5.41, 5.74) is 0. The number of nitrogens with one attached hydrogen (secondary N) is 2. The number of hydrogen-bond donors (Lipinski definition) is 2. The lowest BCUT2D eigenvalue weighted by molar-refractivity contribution is 0.644. The van der Waals surface area contributed by atoms with Gasteiger partial charge in [0.25, 0.3) is 0 Å². The van der Waals surface area contributed by atoms with Crippen LogP contribution in [0.4, 0.5) is 0 Å². The fourth-order valence-corrected chi connectivity index (χ4v) is 0.828. The van der Waals surface area contributed by atoms with Crippen LogP contribution in [0.1, 0.15) is 0 Å². The Bertz CT molecular complexity index is 53.7. The van der Waals surface area contributed by atoms with Crippen LogP contribution in [-0.4, -0.2) is 37.9 Å². The third-order valence-corrected chi connectivity index (χ3v) is 1.40. The molecule has 0 aromatic rings. The molecule has 0 atom stereocenters. The Labute approximate surface area is 72.3 Å². The Morgan fingerprint density at radius 3 is 1.40 bits per heavy atom. The third kappa shape index (κ3) is 8.50. The van der Waals surface area contributed by atoms with Crippen LogP contribution < -0.4 is 10.6 Å². The largest absolute Gasteiger partial charge is 0.314 e. The first-order valence-electron chi connectivity index (χ1n) is 3.45. The minimum Gasteiger partial charge on any atom is -0.314 e. The molecule has 0 unspecified atom stereocenters. The van der Waals surface area contributed by atoms with E-state index in [1.165, 1.54) is 0 Å². The summed E-state index contributed by atoms with van der Waals surface area (Å²) in [5, 5.41) is 6.31. The molecule has 0 rings (SSSR count). The van der Waals surface area contributed by atoms with E-state index in [1.54, 1.807) is 0 Å². The van der Waals surface area contributed by atoms with Gasteiger partial charge in [0.05, 0.1) is 0 Å². The van der Waals surface area contributed by atoms with E-state index in [-0.39, 0.29) is 0 Å². The van der Waals surface area contributed by atoms with E-state index < -0.39 is 0 Å². The molecule has 0 aliphatic carbocycles. The first-order chi connectivity index (χ1) is 4.91. The van der Waals surface area contributed by atoms with Crippen molar-refractivity contribution in [2.45, 2.75) is 0 Å². The second-order valence-electron chi connectivity index (χ2n) is 1.88. The zero-order valence-electron chi connectivity index (χ0n) is 6.00. The number of rotatable bonds is 7. The lowest BCUT2D eigenvalue weighted by Gasteiger charge is -2.02. The first-order valence-corrected chi connectivity index (χ1v) is 4.52. The van der Waals surface area contributed by atoms with E-state index in [1.807, 2.05) is 0 Å². The predicted molar refractivity (Wildman–Crippen MR) is 47.2 cm³/mol. The van der Waals surface area contributed by atoms with Crippen molar-refractivity contribution >= 4 is 23.2 Å². The average molecular weight is 185 g/mol. The molecule has 62 valence electrons. The van der Waals surface area contributed by atoms with Gasteiger partial charge in [0, 0.05) is 37.9 Å². The highest BCUT2D eigenvalue weighted by Gasteiger charge is 1.84. The van der Waals surface area contributed by atoms with E-state index >= 15 is 0 Å². The van der Waals surface area contributed by atoms with Crippen molar-refractivity contribution in [3.05, 3.63) is 0 Å². The van der Waals surface area contributed by atoms with E-state index in [4.69, 9.17) is 23.2 Å². The smallest absolute Gasteiger partial charge is 0.0348 e. The van der Waals surface area contributed by atoms with Crippen molar-refractivity contribution in [2.24, 2.45) is 0 Å². The molecule has 2 nitrogen and oxygen atoms in total. The quantitative estimate of drug-likeness (QED) is 0.449. The van der Waals surface area contributed by atoms with E-state index in [0.29, 0.717) is 11.8 Å². The highest BCUT2D eigenvalue weighted by Crippen LogP contribution is 1.70. The summed E-state index contributed by atoms with van der Waals surface area (Å²) < 4.78 is 0. The summed E-state index contributed by atoms with van der Waals surface area (Å²) >= 11 is 10.9. The summed E-state index contributed by atoms with van der Waals surface area (Å²) in [6, 6.07) is 0. The molecule has 0 aromatic heterocycles. The molecule has 2 N–H and O–H groups in total. The van der Waals surface area contributed by atoms with Gasteiger partial charge in [-0.2, -0.15) is 0 Å². The van der Waals surface area contributed by atoms with Gasteiger partial charge in [-0.05, 0) is 0 Å². The van der Waals surface area contributed by atoms with Gasteiger partial charge < -0.3 is 10.6 Å². The van der Waals surface area contributed by atoms with Crippen LogP contribution >= 0.6 is 23.2 Å². The average Bonchev–Trinajstić information content (AvgIpc) is 1.97. The Kier molecular flexibility index (Phi) is 9.97. The molecule has 0 saturated carbocycles. The molecule has 0 saturated heterocycles. The summed E-state index contributed by atoms with van der Waals surface area (Å²) in [6.45, 7) is 3.68.